The van der Waals surface area contributed by atoms with E-state index in [0.717, 1.165) is 44.5 Å². The lowest BCUT2D eigenvalue weighted by Crippen LogP contribution is -1.85. The molecule has 0 spiro atoms. The Hall–Kier alpha value is -3.77. The van der Waals surface area contributed by atoms with E-state index in [1.807, 2.05) is 24.7 Å². The molecule has 6 rings (SSSR count). The first-order valence-corrected chi connectivity index (χ1v) is 10.6. The van der Waals surface area contributed by atoms with Crippen molar-refractivity contribution in [1.29, 1.82) is 0 Å². The van der Waals surface area contributed by atoms with Gasteiger partial charge < -0.3 is 4.98 Å². The zero-order valence-corrected chi connectivity index (χ0v) is 17.0. The Morgan fingerprint density at radius 3 is 2.77 bits per heavy atom. The van der Waals surface area contributed by atoms with Gasteiger partial charge in [0.05, 0.1) is 11.2 Å². The van der Waals surface area contributed by atoms with Crippen molar-refractivity contribution in [3.8, 4) is 33.0 Å². The molecule has 0 amide bonds. The van der Waals surface area contributed by atoms with Crippen LogP contribution in [0.4, 0.5) is 0 Å². The van der Waals surface area contributed by atoms with Crippen molar-refractivity contribution in [2.24, 2.45) is 0 Å². The Morgan fingerprint density at radius 1 is 0.933 bits per heavy atom. The van der Waals surface area contributed by atoms with Crippen LogP contribution < -0.4 is 0 Å². The van der Waals surface area contributed by atoms with Gasteiger partial charge in [0.25, 0.3) is 0 Å². The van der Waals surface area contributed by atoms with E-state index in [1.165, 1.54) is 16.0 Å². The molecule has 1 aromatic carbocycles. The number of thiophene rings is 1. The topological polar surface area (TPSA) is 70.2 Å². The number of H-pyrrole nitrogens is 2. The number of pyridine rings is 2. The quantitative estimate of drug-likeness (QED) is 0.367. The van der Waals surface area contributed by atoms with Crippen LogP contribution in [0.15, 0.2) is 72.5 Å². The molecule has 30 heavy (non-hydrogen) atoms. The maximum absolute atomic E-state index is 4.61. The number of aromatic amines is 2. The van der Waals surface area contributed by atoms with Gasteiger partial charge in [-0.3, -0.25) is 10.1 Å². The molecule has 5 aromatic heterocycles. The highest BCUT2D eigenvalue weighted by atomic mass is 32.1. The van der Waals surface area contributed by atoms with Gasteiger partial charge >= 0.3 is 0 Å². The van der Waals surface area contributed by atoms with E-state index in [-0.39, 0.29) is 0 Å². The van der Waals surface area contributed by atoms with Gasteiger partial charge in [-0.25, -0.2) is 4.98 Å². The third-order valence-electron chi connectivity index (χ3n) is 5.49. The number of hydrogen-bond acceptors (Lipinski definition) is 4. The molecular weight excluding hydrogens is 390 g/mol. The van der Waals surface area contributed by atoms with Crippen molar-refractivity contribution >= 4 is 33.3 Å². The first-order valence-electron chi connectivity index (χ1n) is 9.69. The number of hydrogen-bond donors (Lipinski definition) is 2. The number of nitrogens with zero attached hydrogens (tertiary/aromatic N) is 3. The molecule has 0 aliphatic rings. The second kappa shape index (κ2) is 6.64. The third-order valence-corrected chi connectivity index (χ3v) is 6.39. The SMILES string of the molecule is Cc1ccncc1-c1ccc2[nH]nc(-c3cc4c(-c5cccs5)ccnc4[nH]3)c2c1. The zero-order chi connectivity index (χ0) is 20.1. The summed E-state index contributed by atoms with van der Waals surface area (Å²) in [5.74, 6) is 0. The van der Waals surface area contributed by atoms with E-state index in [2.05, 4.69) is 79.9 Å². The molecule has 0 fully saturated rings. The van der Waals surface area contributed by atoms with Gasteiger partial charge in [0.2, 0.25) is 0 Å². The van der Waals surface area contributed by atoms with Crippen LogP contribution in [0, 0.1) is 6.92 Å². The van der Waals surface area contributed by atoms with E-state index >= 15 is 0 Å². The highest BCUT2D eigenvalue weighted by Gasteiger charge is 2.15. The molecule has 6 heteroatoms. The first kappa shape index (κ1) is 17.1. The third kappa shape index (κ3) is 2.65. The lowest BCUT2D eigenvalue weighted by Gasteiger charge is -2.05. The van der Waals surface area contributed by atoms with Gasteiger partial charge in [-0.15, -0.1) is 11.3 Å². The lowest BCUT2D eigenvalue weighted by atomic mass is 10.0. The summed E-state index contributed by atoms with van der Waals surface area (Å²) in [6.45, 7) is 2.10. The van der Waals surface area contributed by atoms with E-state index in [0.29, 0.717) is 0 Å². The predicted molar refractivity (Wildman–Crippen MR) is 122 cm³/mol. The van der Waals surface area contributed by atoms with Gasteiger partial charge in [0.15, 0.2) is 0 Å². The molecule has 2 N–H and O–H groups in total. The molecular formula is C24H17N5S. The highest BCUT2D eigenvalue weighted by molar-refractivity contribution is 7.13. The Kier molecular flexibility index (Phi) is 3.79. The van der Waals surface area contributed by atoms with Crippen LogP contribution in [0.25, 0.3) is 54.9 Å². The molecule has 0 saturated carbocycles. The minimum absolute atomic E-state index is 0.867. The molecule has 5 heterocycles. The smallest absolute Gasteiger partial charge is 0.138 e. The monoisotopic (exact) mass is 407 g/mol. The summed E-state index contributed by atoms with van der Waals surface area (Å²) in [6.07, 6.45) is 5.59. The Bertz CT molecular complexity index is 1510. The van der Waals surface area contributed by atoms with Crippen LogP contribution >= 0.6 is 11.3 Å². The van der Waals surface area contributed by atoms with Gasteiger partial charge in [0, 0.05) is 45.4 Å². The summed E-state index contributed by atoms with van der Waals surface area (Å²) >= 11 is 1.73. The summed E-state index contributed by atoms with van der Waals surface area (Å²) in [5, 5.41) is 12.0. The Labute approximate surface area is 176 Å². The maximum Gasteiger partial charge on any atom is 0.138 e. The van der Waals surface area contributed by atoms with E-state index < -0.39 is 0 Å². The normalized spacial score (nSPS) is 11.5. The molecule has 0 radical (unpaired) electrons. The average Bonchev–Trinajstić information content (AvgIpc) is 3.51. The zero-order valence-electron chi connectivity index (χ0n) is 16.2. The summed E-state index contributed by atoms with van der Waals surface area (Å²) in [5.41, 5.74) is 8.35. The average molecular weight is 408 g/mol. The van der Waals surface area contributed by atoms with Crippen LogP contribution in [-0.2, 0) is 0 Å². The molecule has 0 bridgehead atoms. The number of aromatic nitrogens is 5. The van der Waals surface area contributed by atoms with Crippen LogP contribution in [0.1, 0.15) is 5.56 Å². The molecule has 0 aliphatic heterocycles. The first-order chi connectivity index (χ1) is 14.8. The van der Waals surface area contributed by atoms with Gasteiger partial charge in [-0.2, -0.15) is 5.10 Å². The van der Waals surface area contributed by atoms with Crippen molar-refractivity contribution in [2.45, 2.75) is 6.92 Å². The van der Waals surface area contributed by atoms with Crippen molar-refractivity contribution in [1.82, 2.24) is 25.1 Å². The largest absolute Gasteiger partial charge is 0.338 e. The standard InChI is InChI=1S/C24H17N5S/c1-14-6-8-25-13-19(14)15-4-5-20-18(11-15)23(29-28-20)21-12-17-16(22-3-2-10-30-22)7-9-26-24(17)27-21/h2-13H,1H3,(H,26,27)(H,28,29). The molecule has 0 atom stereocenters. The van der Waals surface area contributed by atoms with Crippen molar-refractivity contribution < 1.29 is 0 Å². The van der Waals surface area contributed by atoms with Crippen LogP contribution in [0.2, 0.25) is 0 Å². The fraction of sp³-hybridized carbons (Fsp3) is 0.0417. The summed E-state index contributed by atoms with van der Waals surface area (Å²) in [7, 11) is 0. The number of benzene rings is 1. The second-order valence-corrected chi connectivity index (χ2v) is 8.25. The number of aryl methyl sites for hydroxylation is 1. The maximum atomic E-state index is 4.61. The number of nitrogens with one attached hydrogen (secondary N) is 2. The van der Waals surface area contributed by atoms with Crippen LogP contribution in [0.5, 0.6) is 0 Å². The number of rotatable bonds is 3. The summed E-state index contributed by atoms with van der Waals surface area (Å²) in [4.78, 5) is 13.5. The summed E-state index contributed by atoms with van der Waals surface area (Å²) < 4.78 is 0. The van der Waals surface area contributed by atoms with E-state index in [9.17, 15) is 0 Å². The minimum Gasteiger partial charge on any atom is -0.338 e. The van der Waals surface area contributed by atoms with Crippen LogP contribution in [-0.4, -0.2) is 25.1 Å². The molecule has 0 saturated heterocycles. The minimum atomic E-state index is 0.867. The molecule has 144 valence electrons. The Morgan fingerprint density at radius 2 is 1.90 bits per heavy atom. The molecule has 5 nitrogen and oxygen atoms in total. The fourth-order valence-corrected chi connectivity index (χ4v) is 4.72. The summed E-state index contributed by atoms with van der Waals surface area (Å²) in [6, 6.07) is 16.8. The highest BCUT2D eigenvalue weighted by Crippen LogP contribution is 2.36. The van der Waals surface area contributed by atoms with Gasteiger partial charge in [-0.05, 0) is 59.8 Å². The predicted octanol–water partition coefficient (Wildman–Crippen LogP) is 6.21. The number of fused-ring (bicyclic) bond motifs is 2. The fourth-order valence-electron chi connectivity index (χ4n) is 3.95. The van der Waals surface area contributed by atoms with E-state index in [4.69, 9.17) is 0 Å². The van der Waals surface area contributed by atoms with Crippen molar-refractivity contribution in [2.75, 3.05) is 0 Å². The van der Waals surface area contributed by atoms with Crippen LogP contribution in [0.3, 0.4) is 0 Å². The second-order valence-electron chi connectivity index (χ2n) is 7.30. The van der Waals surface area contributed by atoms with Gasteiger partial charge in [-0.1, -0.05) is 12.1 Å². The molecule has 6 aromatic rings. The van der Waals surface area contributed by atoms with Gasteiger partial charge in [0.1, 0.15) is 11.3 Å². The molecule has 0 unspecified atom stereocenters. The lowest BCUT2D eigenvalue weighted by molar-refractivity contribution is 1.12. The molecule has 0 aliphatic carbocycles. The van der Waals surface area contributed by atoms with Crippen molar-refractivity contribution in [3.63, 3.8) is 0 Å². The Balaban J connectivity index is 1.53. The van der Waals surface area contributed by atoms with E-state index in [1.54, 1.807) is 11.3 Å². The van der Waals surface area contributed by atoms with Crippen molar-refractivity contribution in [3.05, 3.63) is 78.1 Å².